The summed E-state index contributed by atoms with van der Waals surface area (Å²) in [6, 6.07) is 2.48. The van der Waals surface area contributed by atoms with Crippen molar-refractivity contribution < 1.29 is 22.3 Å². The van der Waals surface area contributed by atoms with Gasteiger partial charge in [0, 0.05) is 13.7 Å². The van der Waals surface area contributed by atoms with Crippen LogP contribution in [0.5, 0.6) is 0 Å². The van der Waals surface area contributed by atoms with Crippen LogP contribution in [0.1, 0.15) is 6.92 Å². The lowest BCUT2D eigenvalue weighted by Gasteiger charge is -2.16. The maximum absolute atomic E-state index is 13.8. The zero-order valence-corrected chi connectivity index (χ0v) is 12.5. The molecule has 0 saturated carbocycles. The van der Waals surface area contributed by atoms with E-state index in [1.807, 2.05) is 0 Å². The number of amides is 1. The lowest BCUT2D eigenvalue weighted by Crippen LogP contribution is -2.39. The Morgan fingerprint density at radius 3 is 2.67 bits per heavy atom. The molecule has 0 bridgehead atoms. The minimum Gasteiger partial charge on any atom is -0.383 e. The zero-order valence-electron chi connectivity index (χ0n) is 11.7. The van der Waals surface area contributed by atoms with Crippen LogP contribution in [0, 0.1) is 5.82 Å². The average Bonchev–Trinajstić information content (AvgIpc) is 2.39. The Morgan fingerprint density at radius 1 is 1.48 bits per heavy atom. The van der Waals surface area contributed by atoms with E-state index in [2.05, 4.69) is 10.6 Å². The number of benzene rings is 1. The van der Waals surface area contributed by atoms with E-state index < -0.39 is 21.9 Å². The standard InChI is InChI=1S/C12H18FN3O4S/c1-8(12(17)15-5-6-20-2)16-11-4-3-9(7-10(11)13)21(14,18)19/h3-4,7-8,16H,5-6H2,1-2H3,(H,15,17)(H2,14,18,19). The Labute approximate surface area is 122 Å². The molecule has 1 rings (SSSR count). The molecule has 21 heavy (non-hydrogen) atoms. The number of rotatable bonds is 7. The molecule has 0 saturated heterocycles. The second-order valence-electron chi connectivity index (χ2n) is 4.34. The van der Waals surface area contributed by atoms with Gasteiger partial charge in [0.1, 0.15) is 11.9 Å². The third-order valence-electron chi connectivity index (χ3n) is 2.64. The quantitative estimate of drug-likeness (QED) is 0.614. The van der Waals surface area contributed by atoms with Crippen LogP contribution in [0.15, 0.2) is 23.1 Å². The molecule has 0 aliphatic carbocycles. The van der Waals surface area contributed by atoms with E-state index >= 15 is 0 Å². The van der Waals surface area contributed by atoms with E-state index in [-0.39, 0.29) is 16.5 Å². The predicted molar refractivity (Wildman–Crippen MR) is 75.7 cm³/mol. The lowest BCUT2D eigenvalue weighted by molar-refractivity contribution is -0.121. The van der Waals surface area contributed by atoms with Crippen molar-refractivity contribution in [1.29, 1.82) is 0 Å². The van der Waals surface area contributed by atoms with Crippen LogP contribution in [0.4, 0.5) is 10.1 Å². The molecule has 0 heterocycles. The molecule has 0 radical (unpaired) electrons. The SMILES string of the molecule is COCCNC(=O)C(C)Nc1ccc(S(N)(=O)=O)cc1F. The fourth-order valence-electron chi connectivity index (χ4n) is 1.52. The molecular weight excluding hydrogens is 301 g/mol. The first-order chi connectivity index (χ1) is 9.75. The number of halogens is 1. The average molecular weight is 319 g/mol. The Morgan fingerprint density at radius 2 is 2.14 bits per heavy atom. The van der Waals surface area contributed by atoms with E-state index in [0.717, 1.165) is 12.1 Å². The minimum atomic E-state index is -3.96. The summed E-state index contributed by atoms with van der Waals surface area (Å²) in [5.74, 6) is -1.14. The number of methoxy groups -OCH3 is 1. The third kappa shape index (κ3) is 5.29. The largest absolute Gasteiger partial charge is 0.383 e. The highest BCUT2D eigenvalue weighted by Gasteiger charge is 2.16. The number of hydrogen-bond acceptors (Lipinski definition) is 5. The van der Waals surface area contributed by atoms with Crippen LogP contribution >= 0.6 is 0 Å². The first kappa shape index (κ1) is 17.3. The number of carbonyl (C=O) groups excluding carboxylic acids is 1. The summed E-state index contributed by atoms with van der Waals surface area (Å²) < 4.78 is 40.7. The molecule has 4 N–H and O–H groups in total. The van der Waals surface area contributed by atoms with E-state index in [4.69, 9.17) is 9.88 Å². The van der Waals surface area contributed by atoms with Gasteiger partial charge in [0.25, 0.3) is 0 Å². The van der Waals surface area contributed by atoms with Gasteiger partial charge in [-0.3, -0.25) is 4.79 Å². The van der Waals surface area contributed by atoms with E-state index in [0.29, 0.717) is 13.2 Å². The van der Waals surface area contributed by atoms with E-state index in [1.54, 1.807) is 6.92 Å². The number of hydrogen-bond donors (Lipinski definition) is 3. The fourth-order valence-corrected chi connectivity index (χ4v) is 2.04. The molecule has 1 amide bonds. The highest BCUT2D eigenvalue weighted by atomic mass is 32.2. The molecule has 1 unspecified atom stereocenters. The summed E-state index contributed by atoms with van der Waals surface area (Å²) in [6.07, 6.45) is 0. The van der Waals surface area contributed by atoms with Gasteiger partial charge in [0.05, 0.1) is 17.2 Å². The highest BCUT2D eigenvalue weighted by molar-refractivity contribution is 7.89. The normalized spacial score (nSPS) is 12.8. The maximum atomic E-state index is 13.8. The maximum Gasteiger partial charge on any atom is 0.242 e. The Hall–Kier alpha value is -1.71. The van der Waals surface area contributed by atoms with Gasteiger partial charge in [-0.15, -0.1) is 0 Å². The van der Waals surface area contributed by atoms with Crippen molar-refractivity contribution in [2.24, 2.45) is 5.14 Å². The summed E-state index contributed by atoms with van der Waals surface area (Å²) in [7, 11) is -2.45. The van der Waals surface area contributed by atoms with Crippen molar-refractivity contribution in [3.05, 3.63) is 24.0 Å². The smallest absolute Gasteiger partial charge is 0.242 e. The summed E-state index contributed by atoms with van der Waals surface area (Å²) in [5, 5.41) is 10.1. The van der Waals surface area contributed by atoms with Crippen molar-refractivity contribution in [3.63, 3.8) is 0 Å². The topological polar surface area (TPSA) is 111 Å². The molecule has 1 aromatic carbocycles. The minimum absolute atomic E-state index is 0.0109. The monoisotopic (exact) mass is 319 g/mol. The molecule has 0 spiro atoms. The van der Waals surface area contributed by atoms with Crippen molar-refractivity contribution in [1.82, 2.24) is 5.32 Å². The molecule has 1 aromatic rings. The van der Waals surface area contributed by atoms with Crippen LogP contribution in [-0.2, 0) is 19.6 Å². The van der Waals surface area contributed by atoms with Crippen LogP contribution < -0.4 is 15.8 Å². The number of nitrogens with one attached hydrogen (secondary N) is 2. The van der Waals surface area contributed by atoms with Crippen LogP contribution in [0.3, 0.4) is 0 Å². The summed E-state index contributed by atoms with van der Waals surface area (Å²) >= 11 is 0. The third-order valence-corrected chi connectivity index (χ3v) is 3.55. The number of nitrogens with two attached hydrogens (primary N) is 1. The van der Waals surface area contributed by atoms with Gasteiger partial charge < -0.3 is 15.4 Å². The summed E-state index contributed by atoms with van der Waals surface area (Å²) in [5.41, 5.74) is 0.0109. The Balaban J connectivity index is 2.73. The van der Waals surface area contributed by atoms with Gasteiger partial charge in [-0.2, -0.15) is 0 Å². The molecule has 7 nitrogen and oxygen atoms in total. The van der Waals surface area contributed by atoms with Crippen LogP contribution in [0.25, 0.3) is 0 Å². The van der Waals surface area contributed by atoms with Gasteiger partial charge in [-0.05, 0) is 25.1 Å². The van der Waals surface area contributed by atoms with Crippen molar-refractivity contribution in [2.75, 3.05) is 25.6 Å². The predicted octanol–water partition coefficient (Wildman–Crippen LogP) is 0.0361. The van der Waals surface area contributed by atoms with Gasteiger partial charge in [-0.1, -0.05) is 0 Å². The summed E-state index contributed by atoms with van der Waals surface area (Å²) in [4.78, 5) is 11.4. The molecule has 9 heteroatoms. The van der Waals surface area contributed by atoms with Crippen LogP contribution in [-0.4, -0.2) is 40.6 Å². The molecule has 0 aromatic heterocycles. The van der Waals surface area contributed by atoms with Gasteiger partial charge in [0.15, 0.2) is 0 Å². The fraction of sp³-hybridized carbons (Fsp3) is 0.417. The van der Waals surface area contributed by atoms with Crippen LogP contribution in [0.2, 0.25) is 0 Å². The Bertz CT molecular complexity index is 607. The van der Waals surface area contributed by atoms with Crippen molar-refractivity contribution >= 4 is 21.6 Å². The molecule has 1 atom stereocenters. The van der Waals surface area contributed by atoms with Gasteiger partial charge in [-0.25, -0.2) is 17.9 Å². The number of anilines is 1. The molecule has 0 fully saturated rings. The lowest BCUT2D eigenvalue weighted by atomic mass is 10.2. The zero-order chi connectivity index (χ0) is 16.0. The van der Waals surface area contributed by atoms with Gasteiger partial charge in [0.2, 0.25) is 15.9 Å². The van der Waals surface area contributed by atoms with Crippen molar-refractivity contribution in [3.8, 4) is 0 Å². The molecule has 0 aliphatic heterocycles. The highest BCUT2D eigenvalue weighted by Crippen LogP contribution is 2.18. The van der Waals surface area contributed by atoms with Crippen molar-refractivity contribution in [2.45, 2.75) is 17.9 Å². The van der Waals surface area contributed by atoms with E-state index in [9.17, 15) is 17.6 Å². The second-order valence-corrected chi connectivity index (χ2v) is 5.90. The Kier molecular flexibility index (Phi) is 6.06. The molecule has 0 aliphatic rings. The first-order valence-corrected chi connectivity index (χ1v) is 7.66. The number of sulfonamides is 1. The number of ether oxygens (including phenoxy) is 1. The molecular formula is C12H18FN3O4S. The molecule has 118 valence electrons. The van der Waals surface area contributed by atoms with E-state index in [1.165, 1.54) is 13.2 Å². The second kappa shape index (κ2) is 7.34. The number of primary sulfonamides is 1. The van der Waals surface area contributed by atoms with Gasteiger partial charge >= 0.3 is 0 Å². The summed E-state index contributed by atoms with van der Waals surface area (Å²) in [6.45, 7) is 2.26. The number of carbonyl (C=O) groups is 1. The first-order valence-electron chi connectivity index (χ1n) is 6.11.